The van der Waals surface area contributed by atoms with Crippen LogP contribution in [0.3, 0.4) is 0 Å². The van der Waals surface area contributed by atoms with Gasteiger partial charge in [0.2, 0.25) is 0 Å². The van der Waals surface area contributed by atoms with Gasteiger partial charge in [0.05, 0.1) is 24.2 Å². The first-order chi connectivity index (χ1) is 12.3. The second kappa shape index (κ2) is 8.48. The van der Waals surface area contributed by atoms with Crippen molar-refractivity contribution < 1.29 is 4.74 Å². The van der Waals surface area contributed by atoms with Crippen LogP contribution in [-0.4, -0.2) is 49.3 Å². The van der Waals surface area contributed by atoms with Gasteiger partial charge in [0, 0.05) is 56.4 Å². The number of aromatic nitrogens is 5. The first kappa shape index (κ1) is 18.6. The van der Waals surface area contributed by atoms with E-state index in [9.17, 15) is 0 Å². The maximum absolute atomic E-state index is 5.97. The number of hydrogen-bond donors (Lipinski definition) is 0. The zero-order valence-corrected chi connectivity index (χ0v) is 16.2. The number of halogens is 1. The molecule has 0 aromatic carbocycles. The zero-order chi connectivity index (χ0) is 17.1. The molecule has 4 rings (SSSR count). The van der Waals surface area contributed by atoms with Crippen molar-refractivity contribution in [2.45, 2.75) is 12.6 Å². The van der Waals surface area contributed by atoms with Crippen LogP contribution in [-0.2, 0) is 18.3 Å². The maximum atomic E-state index is 5.97. The van der Waals surface area contributed by atoms with Gasteiger partial charge in [-0.15, -0.1) is 17.0 Å². The van der Waals surface area contributed by atoms with Crippen molar-refractivity contribution in [1.29, 1.82) is 0 Å². The largest absolute Gasteiger partial charge is 0.369 e. The van der Waals surface area contributed by atoms with Crippen molar-refractivity contribution in [3.05, 3.63) is 60.6 Å². The van der Waals surface area contributed by atoms with Crippen LogP contribution in [0.1, 0.15) is 17.4 Å². The van der Waals surface area contributed by atoms with Crippen LogP contribution >= 0.6 is 17.0 Å². The number of ether oxygens (including phenoxy) is 1. The van der Waals surface area contributed by atoms with E-state index in [1.54, 1.807) is 12.4 Å². The van der Waals surface area contributed by atoms with Crippen molar-refractivity contribution in [2.24, 2.45) is 7.05 Å². The summed E-state index contributed by atoms with van der Waals surface area (Å²) in [7, 11) is 1.94. The lowest BCUT2D eigenvalue weighted by Gasteiger charge is -2.32. The molecule has 0 radical (unpaired) electrons. The van der Waals surface area contributed by atoms with Gasteiger partial charge >= 0.3 is 0 Å². The molecule has 3 aromatic rings. The van der Waals surface area contributed by atoms with E-state index in [1.807, 2.05) is 36.1 Å². The zero-order valence-electron chi connectivity index (χ0n) is 14.5. The Hall–Kier alpha value is -2.16. The van der Waals surface area contributed by atoms with E-state index in [4.69, 9.17) is 9.72 Å². The molecule has 0 aliphatic carbocycles. The number of morpholine rings is 1. The molecule has 136 valence electrons. The average molecular weight is 417 g/mol. The van der Waals surface area contributed by atoms with Crippen LogP contribution in [0.15, 0.2) is 49.3 Å². The minimum absolute atomic E-state index is 0. The van der Waals surface area contributed by atoms with Gasteiger partial charge in [0.1, 0.15) is 12.4 Å². The molecule has 4 heterocycles. The molecule has 1 atom stereocenters. The van der Waals surface area contributed by atoms with Crippen LogP contribution in [0.25, 0.3) is 11.3 Å². The van der Waals surface area contributed by atoms with Crippen molar-refractivity contribution in [3.8, 4) is 11.3 Å². The molecular weight excluding hydrogens is 396 g/mol. The summed E-state index contributed by atoms with van der Waals surface area (Å²) in [6.45, 7) is 3.31. The van der Waals surface area contributed by atoms with Gasteiger partial charge in [0.15, 0.2) is 0 Å². The molecule has 3 aromatic heterocycles. The third-order valence-corrected chi connectivity index (χ3v) is 4.27. The molecule has 0 N–H and O–H groups in total. The van der Waals surface area contributed by atoms with Crippen molar-refractivity contribution in [3.63, 3.8) is 0 Å². The van der Waals surface area contributed by atoms with Crippen LogP contribution in [0.2, 0.25) is 0 Å². The molecule has 7 nitrogen and oxygen atoms in total. The van der Waals surface area contributed by atoms with Crippen molar-refractivity contribution in [2.75, 3.05) is 19.7 Å². The highest BCUT2D eigenvalue weighted by atomic mass is 79.9. The number of hydrogen-bond acceptors (Lipinski definition) is 6. The number of nitrogens with zero attached hydrogens (tertiary/aromatic N) is 6. The molecule has 1 aliphatic heterocycles. The Bertz CT molecular complexity index is 840. The third kappa shape index (κ3) is 4.32. The van der Waals surface area contributed by atoms with Gasteiger partial charge in [-0.2, -0.15) is 5.10 Å². The predicted molar refractivity (Wildman–Crippen MR) is 103 cm³/mol. The Morgan fingerprint density at radius 3 is 2.81 bits per heavy atom. The van der Waals surface area contributed by atoms with E-state index >= 15 is 0 Å². The summed E-state index contributed by atoms with van der Waals surface area (Å²) in [6.07, 6.45) is 9.01. The molecule has 1 unspecified atom stereocenters. The van der Waals surface area contributed by atoms with Gasteiger partial charge in [-0.3, -0.25) is 9.58 Å². The highest BCUT2D eigenvalue weighted by Gasteiger charge is 2.23. The second-order valence-corrected chi connectivity index (χ2v) is 6.19. The van der Waals surface area contributed by atoms with E-state index in [0.29, 0.717) is 6.61 Å². The Balaban J connectivity index is 0.00000196. The lowest BCUT2D eigenvalue weighted by atomic mass is 10.1. The maximum Gasteiger partial charge on any atom is 0.115 e. The predicted octanol–water partition coefficient (Wildman–Crippen LogP) is 2.42. The van der Waals surface area contributed by atoms with Crippen molar-refractivity contribution in [1.82, 2.24) is 29.6 Å². The fraction of sp³-hybridized carbons (Fsp3) is 0.333. The van der Waals surface area contributed by atoms with Crippen LogP contribution < -0.4 is 0 Å². The van der Waals surface area contributed by atoms with E-state index in [-0.39, 0.29) is 23.1 Å². The summed E-state index contributed by atoms with van der Waals surface area (Å²) < 4.78 is 7.81. The summed E-state index contributed by atoms with van der Waals surface area (Å²) in [5, 5.41) is 4.24. The highest BCUT2D eigenvalue weighted by Crippen LogP contribution is 2.24. The fourth-order valence-corrected chi connectivity index (χ4v) is 3.06. The van der Waals surface area contributed by atoms with E-state index in [0.717, 1.165) is 36.6 Å². The quantitative estimate of drug-likeness (QED) is 0.650. The highest BCUT2D eigenvalue weighted by molar-refractivity contribution is 8.93. The molecule has 0 saturated carbocycles. The lowest BCUT2D eigenvalue weighted by Crippen LogP contribution is -2.38. The molecule has 1 fully saturated rings. The molecule has 1 saturated heterocycles. The molecule has 26 heavy (non-hydrogen) atoms. The smallest absolute Gasteiger partial charge is 0.115 e. The Kier molecular flexibility index (Phi) is 6.08. The standard InChI is InChI=1S/C18H20N6O.BrH/c1-23-10-14(7-21-23)11-24-5-6-25-18(12-24)17-4-2-3-16(22-17)15-8-19-13-20-9-15;/h2-4,7-10,13,18H,5-6,11-12H2,1H3;1H. The summed E-state index contributed by atoms with van der Waals surface area (Å²) in [6, 6.07) is 6.00. The van der Waals surface area contributed by atoms with Gasteiger partial charge in [-0.25, -0.2) is 15.0 Å². The Morgan fingerprint density at radius 2 is 2.04 bits per heavy atom. The number of pyridine rings is 1. The normalized spacial score (nSPS) is 17.7. The average Bonchev–Trinajstić information content (AvgIpc) is 3.07. The first-order valence-corrected chi connectivity index (χ1v) is 8.32. The summed E-state index contributed by atoms with van der Waals surface area (Å²) >= 11 is 0. The van der Waals surface area contributed by atoms with E-state index in [2.05, 4.69) is 26.2 Å². The van der Waals surface area contributed by atoms with Crippen LogP contribution in [0, 0.1) is 0 Å². The van der Waals surface area contributed by atoms with Crippen LogP contribution in [0.5, 0.6) is 0 Å². The van der Waals surface area contributed by atoms with E-state index in [1.165, 1.54) is 11.9 Å². The van der Waals surface area contributed by atoms with E-state index < -0.39 is 0 Å². The van der Waals surface area contributed by atoms with Gasteiger partial charge in [-0.05, 0) is 12.1 Å². The minimum Gasteiger partial charge on any atom is -0.369 e. The first-order valence-electron chi connectivity index (χ1n) is 8.32. The molecule has 0 spiro atoms. The topological polar surface area (TPSA) is 69.0 Å². The van der Waals surface area contributed by atoms with Crippen LogP contribution in [0.4, 0.5) is 0 Å². The summed E-state index contributed by atoms with van der Waals surface area (Å²) in [5.41, 5.74) is 3.93. The number of rotatable bonds is 4. The lowest BCUT2D eigenvalue weighted by molar-refractivity contribution is -0.0349. The van der Waals surface area contributed by atoms with Gasteiger partial charge < -0.3 is 4.74 Å². The van der Waals surface area contributed by atoms with Crippen molar-refractivity contribution >= 4 is 17.0 Å². The fourth-order valence-electron chi connectivity index (χ4n) is 3.06. The third-order valence-electron chi connectivity index (χ3n) is 4.27. The van der Waals surface area contributed by atoms with Gasteiger partial charge in [0.25, 0.3) is 0 Å². The Morgan fingerprint density at radius 1 is 1.19 bits per heavy atom. The monoisotopic (exact) mass is 416 g/mol. The molecule has 1 aliphatic rings. The molecule has 0 bridgehead atoms. The second-order valence-electron chi connectivity index (χ2n) is 6.19. The SMILES string of the molecule is Br.Cn1cc(CN2CCOC(c3cccc(-c4cncnc4)n3)C2)cn1. The molecule has 8 heteroatoms. The summed E-state index contributed by atoms with van der Waals surface area (Å²) in [5.74, 6) is 0. The minimum atomic E-state index is -0.0324. The summed E-state index contributed by atoms with van der Waals surface area (Å²) in [4.78, 5) is 15.3. The molecule has 0 amide bonds. The van der Waals surface area contributed by atoms with Gasteiger partial charge in [-0.1, -0.05) is 6.07 Å². The molecular formula is C18H21BrN6O. The number of aryl methyl sites for hydroxylation is 1. The Labute approximate surface area is 162 Å².